The fourth-order valence-electron chi connectivity index (χ4n) is 1.17. The fourth-order valence-corrected chi connectivity index (χ4v) is 1.17. The van der Waals surface area contributed by atoms with E-state index in [1.807, 2.05) is 30.3 Å². The maximum Gasteiger partial charge on any atom is 0.335 e. The number of rotatable bonds is 6. The van der Waals surface area contributed by atoms with Crippen LogP contribution in [-0.2, 0) is 16.1 Å². The molecule has 1 aromatic carbocycles. The van der Waals surface area contributed by atoms with E-state index in [0.29, 0.717) is 12.4 Å². The van der Waals surface area contributed by atoms with Crippen molar-refractivity contribution < 1.29 is 14.6 Å². The third kappa shape index (κ3) is 4.38. The Morgan fingerprint density at radius 3 is 2.53 bits per heavy atom. The SMILES string of the molecule is C=C/C(=C\C(=C)OCc1ccccc1)C(=O)O. The molecular weight excluding hydrogens is 216 g/mol. The molecule has 3 nitrogen and oxygen atoms in total. The van der Waals surface area contributed by atoms with Crippen LogP contribution < -0.4 is 0 Å². The van der Waals surface area contributed by atoms with Crippen LogP contribution in [0.4, 0.5) is 0 Å². The number of allylic oxidation sites excluding steroid dienone is 1. The zero-order chi connectivity index (χ0) is 12.7. The molecule has 0 atom stereocenters. The molecule has 0 aliphatic carbocycles. The van der Waals surface area contributed by atoms with Crippen molar-refractivity contribution in [3.63, 3.8) is 0 Å². The van der Waals surface area contributed by atoms with E-state index >= 15 is 0 Å². The molecule has 0 saturated carbocycles. The van der Waals surface area contributed by atoms with Gasteiger partial charge in [-0.1, -0.05) is 49.6 Å². The van der Waals surface area contributed by atoms with E-state index in [2.05, 4.69) is 13.2 Å². The van der Waals surface area contributed by atoms with Crippen LogP contribution in [0.15, 0.2) is 67.0 Å². The molecule has 1 N–H and O–H groups in total. The smallest absolute Gasteiger partial charge is 0.335 e. The topological polar surface area (TPSA) is 46.5 Å². The second-order valence-corrected chi connectivity index (χ2v) is 3.35. The number of hydrogen-bond donors (Lipinski definition) is 1. The number of hydrogen-bond acceptors (Lipinski definition) is 2. The molecule has 0 radical (unpaired) electrons. The third-order valence-corrected chi connectivity index (χ3v) is 2.05. The van der Waals surface area contributed by atoms with Gasteiger partial charge in [-0.25, -0.2) is 4.79 Å². The number of aliphatic carboxylic acids is 1. The van der Waals surface area contributed by atoms with Crippen molar-refractivity contribution in [3.05, 3.63) is 72.5 Å². The van der Waals surface area contributed by atoms with Crippen molar-refractivity contribution in [1.29, 1.82) is 0 Å². The highest BCUT2D eigenvalue weighted by Crippen LogP contribution is 2.08. The Kier molecular flexibility index (Phi) is 4.76. The summed E-state index contributed by atoms with van der Waals surface area (Å²) in [5.74, 6) is -0.754. The summed E-state index contributed by atoms with van der Waals surface area (Å²) in [6.07, 6.45) is 2.59. The average Bonchev–Trinajstić information content (AvgIpc) is 2.34. The van der Waals surface area contributed by atoms with Gasteiger partial charge in [0.2, 0.25) is 0 Å². The normalized spacial score (nSPS) is 10.7. The van der Waals surface area contributed by atoms with Gasteiger partial charge < -0.3 is 9.84 Å². The van der Waals surface area contributed by atoms with E-state index in [1.54, 1.807) is 0 Å². The Morgan fingerprint density at radius 1 is 1.35 bits per heavy atom. The van der Waals surface area contributed by atoms with Crippen LogP contribution in [0.1, 0.15) is 5.56 Å². The lowest BCUT2D eigenvalue weighted by Gasteiger charge is -2.06. The van der Waals surface area contributed by atoms with Gasteiger partial charge in [0.05, 0.1) is 5.57 Å². The summed E-state index contributed by atoms with van der Waals surface area (Å²) >= 11 is 0. The highest BCUT2D eigenvalue weighted by molar-refractivity contribution is 5.90. The maximum atomic E-state index is 10.7. The van der Waals surface area contributed by atoms with Gasteiger partial charge in [0.1, 0.15) is 12.4 Å². The van der Waals surface area contributed by atoms with Crippen LogP contribution in [0.25, 0.3) is 0 Å². The van der Waals surface area contributed by atoms with E-state index in [1.165, 1.54) is 12.2 Å². The van der Waals surface area contributed by atoms with Gasteiger partial charge in [-0.15, -0.1) is 0 Å². The van der Waals surface area contributed by atoms with Crippen LogP contribution >= 0.6 is 0 Å². The van der Waals surface area contributed by atoms with Gasteiger partial charge in [-0.05, 0) is 11.6 Å². The van der Waals surface area contributed by atoms with Crippen molar-refractivity contribution >= 4 is 5.97 Å². The summed E-state index contributed by atoms with van der Waals surface area (Å²) in [7, 11) is 0. The number of benzene rings is 1. The molecule has 1 aromatic rings. The predicted molar refractivity (Wildman–Crippen MR) is 66.3 cm³/mol. The molecule has 17 heavy (non-hydrogen) atoms. The molecule has 0 aliphatic rings. The summed E-state index contributed by atoms with van der Waals surface area (Å²) in [5.41, 5.74) is 1.06. The minimum absolute atomic E-state index is 0.0584. The zero-order valence-electron chi connectivity index (χ0n) is 9.43. The van der Waals surface area contributed by atoms with E-state index in [4.69, 9.17) is 9.84 Å². The lowest BCUT2D eigenvalue weighted by Crippen LogP contribution is -1.99. The molecular formula is C14H14O3. The van der Waals surface area contributed by atoms with Crippen molar-refractivity contribution in [2.45, 2.75) is 6.61 Å². The minimum Gasteiger partial charge on any atom is -0.490 e. The monoisotopic (exact) mass is 230 g/mol. The maximum absolute atomic E-state index is 10.7. The first-order valence-corrected chi connectivity index (χ1v) is 5.06. The quantitative estimate of drug-likeness (QED) is 0.464. The lowest BCUT2D eigenvalue weighted by atomic mass is 10.2. The van der Waals surface area contributed by atoms with Crippen LogP contribution in [0.2, 0.25) is 0 Å². The molecule has 0 spiro atoms. The Morgan fingerprint density at radius 2 is 2.00 bits per heavy atom. The first kappa shape index (κ1) is 12.8. The summed E-state index contributed by atoms with van der Waals surface area (Å²) in [6, 6.07) is 9.57. The van der Waals surface area contributed by atoms with E-state index in [9.17, 15) is 4.79 Å². The van der Waals surface area contributed by atoms with Crippen LogP contribution in [0.3, 0.4) is 0 Å². The van der Waals surface area contributed by atoms with E-state index < -0.39 is 5.97 Å². The van der Waals surface area contributed by atoms with Gasteiger partial charge in [0.15, 0.2) is 0 Å². The zero-order valence-corrected chi connectivity index (χ0v) is 9.43. The minimum atomic E-state index is -1.05. The number of carboxylic acid groups (broad SMARTS) is 1. The molecule has 0 fully saturated rings. The Labute approximate surface area is 100 Å². The Hall–Kier alpha value is -2.29. The molecule has 88 valence electrons. The number of carbonyl (C=O) groups is 1. The fraction of sp³-hybridized carbons (Fsp3) is 0.0714. The van der Waals surface area contributed by atoms with Crippen LogP contribution in [-0.4, -0.2) is 11.1 Å². The molecule has 0 aromatic heterocycles. The van der Waals surface area contributed by atoms with Gasteiger partial charge in [0.25, 0.3) is 0 Å². The van der Waals surface area contributed by atoms with Gasteiger partial charge in [-0.2, -0.15) is 0 Å². The van der Waals surface area contributed by atoms with E-state index in [-0.39, 0.29) is 5.57 Å². The molecule has 3 heteroatoms. The molecule has 0 heterocycles. The molecule has 1 rings (SSSR count). The van der Waals surface area contributed by atoms with Crippen LogP contribution in [0, 0.1) is 0 Å². The lowest BCUT2D eigenvalue weighted by molar-refractivity contribution is -0.132. The highest BCUT2D eigenvalue weighted by atomic mass is 16.5. The Balaban J connectivity index is 2.56. The van der Waals surface area contributed by atoms with Crippen molar-refractivity contribution in [2.24, 2.45) is 0 Å². The van der Waals surface area contributed by atoms with Crippen molar-refractivity contribution in [3.8, 4) is 0 Å². The third-order valence-electron chi connectivity index (χ3n) is 2.05. The number of ether oxygens (including phenoxy) is 1. The second kappa shape index (κ2) is 6.33. The van der Waals surface area contributed by atoms with Gasteiger partial charge in [0, 0.05) is 0 Å². The second-order valence-electron chi connectivity index (χ2n) is 3.35. The largest absolute Gasteiger partial charge is 0.490 e. The van der Waals surface area contributed by atoms with Gasteiger partial charge in [-0.3, -0.25) is 0 Å². The standard InChI is InChI=1S/C14H14O3/c1-3-13(14(15)16)9-11(2)17-10-12-7-5-4-6-8-12/h3-9H,1-2,10H2,(H,15,16)/b13-9+. The summed E-state index contributed by atoms with van der Waals surface area (Å²) in [5, 5.41) is 8.77. The first-order chi connectivity index (χ1) is 8.13. The average molecular weight is 230 g/mol. The van der Waals surface area contributed by atoms with Gasteiger partial charge >= 0.3 is 5.97 Å². The molecule has 0 unspecified atom stereocenters. The first-order valence-electron chi connectivity index (χ1n) is 5.06. The van der Waals surface area contributed by atoms with E-state index in [0.717, 1.165) is 5.56 Å². The molecule has 0 bridgehead atoms. The van der Waals surface area contributed by atoms with Crippen LogP contribution in [0.5, 0.6) is 0 Å². The summed E-state index contributed by atoms with van der Waals surface area (Å²) in [6.45, 7) is 7.40. The summed E-state index contributed by atoms with van der Waals surface area (Å²) in [4.78, 5) is 10.7. The van der Waals surface area contributed by atoms with Crippen molar-refractivity contribution in [1.82, 2.24) is 0 Å². The highest BCUT2D eigenvalue weighted by Gasteiger charge is 2.03. The molecule has 0 saturated heterocycles. The predicted octanol–water partition coefficient (Wildman–Crippen LogP) is 2.91. The molecule has 0 aliphatic heterocycles. The van der Waals surface area contributed by atoms with Crippen molar-refractivity contribution in [2.75, 3.05) is 0 Å². The number of carboxylic acids is 1. The Bertz CT molecular complexity index is 444. The summed E-state index contributed by atoms with van der Waals surface area (Å²) < 4.78 is 5.33. The molecule has 0 amide bonds.